The fraction of sp³-hybridized carbons (Fsp3) is 0.519. The van der Waals surface area contributed by atoms with E-state index in [1.807, 2.05) is 77.9 Å². The van der Waals surface area contributed by atoms with Gasteiger partial charge >= 0.3 is 6.09 Å². The summed E-state index contributed by atoms with van der Waals surface area (Å²) in [6.45, 7) is 12.7. The molecule has 1 amide bonds. The minimum atomic E-state index is -1.27. The lowest BCUT2D eigenvalue weighted by molar-refractivity contribution is 0.0172. The number of rotatable bonds is 5. The highest BCUT2D eigenvalue weighted by Crippen LogP contribution is 2.39. The van der Waals surface area contributed by atoms with Crippen LogP contribution in [0.5, 0.6) is 0 Å². The van der Waals surface area contributed by atoms with Gasteiger partial charge in [0.15, 0.2) is 0 Å². The van der Waals surface area contributed by atoms with Gasteiger partial charge in [0.25, 0.3) is 0 Å². The van der Waals surface area contributed by atoms with E-state index in [0.717, 1.165) is 29.5 Å². The number of carbonyl (C=O) groups is 1. The van der Waals surface area contributed by atoms with E-state index in [2.05, 4.69) is 16.9 Å². The quantitative estimate of drug-likeness (QED) is 0.457. The van der Waals surface area contributed by atoms with Crippen LogP contribution < -0.4 is 4.72 Å². The normalized spacial score (nSPS) is 17.4. The van der Waals surface area contributed by atoms with Crippen molar-refractivity contribution in [2.24, 2.45) is 5.92 Å². The average Bonchev–Trinajstić information content (AvgIpc) is 2.76. The third kappa shape index (κ3) is 7.14. The molecule has 1 heterocycles. The Balaban J connectivity index is 1.91. The van der Waals surface area contributed by atoms with Crippen molar-refractivity contribution in [2.75, 3.05) is 13.1 Å². The summed E-state index contributed by atoms with van der Waals surface area (Å²) in [4.78, 5) is 14.3. The second-order valence-corrected chi connectivity index (χ2v) is 13.3. The fourth-order valence-corrected chi connectivity index (χ4v) is 5.20. The van der Waals surface area contributed by atoms with E-state index in [-0.39, 0.29) is 18.1 Å². The molecule has 34 heavy (non-hydrogen) atoms. The molecule has 1 N–H and O–H groups in total. The van der Waals surface area contributed by atoms with E-state index in [0.29, 0.717) is 18.1 Å². The lowest BCUT2D eigenvalue weighted by Gasteiger charge is -2.38. The molecule has 1 aliphatic heterocycles. The number of benzene rings is 2. The molecule has 2 aromatic rings. The molecule has 0 unspecified atom stereocenters. The van der Waals surface area contributed by atoms with Crippen molar-refractivity contribution < 1.29 is 14.1 Å². The van der Waals surface area contributed by atoms with E-state index in [1.54, 1.807) is 4.90 Å². The Kier molecular flexibility index (Phi) is 8.61. The molecule has 3 rings (SSSR count). The van der Waals surface area contributed by atoms with E-state index in [1.165, 1.54) is 0 Å². The van der Waals surface area contributed by atoms with Crippen molar-refractivity contribution >= 4 is 29.1 Å². The predicted octanol–water partition coefficient (Wildman–Crippen LogP) is 6.75. The maximum absolute atomic E-state index is 13.2. The molecule has 2 aromatic carbocycles. The highest BCUT2D eigenvalue weighted by atomic mass is 35.5. The van der Waals surface area contributed by atoms with Gasteiger partial charge in [0.1, 0.15) is 10.3 Å². The second kappa shape index (κ2) is 10.9. The molecule has 0 radical (unpaired) electrons. The highest BCUT2D eigenvalue weighted by Gasteiger charge is 2.37. The van der Waals surface area contributed by atoms with Crippen LogP contribution in [0.1, 0.15) is 66.0 Å². The van der Waals surface area contributed by atoms with Crippen LogP contribution >= 0.6 is 11.6 Å². The Morgan fingerprint density at radius 3 is 2.26 bits per heavy atom. The standard InChI is InChI=1S/C27H37ClN2O3S/c1-26(2,3)33-25(31)30-16-14-20(15-17-30)24(29-34(32)27(4,5)6)23-18-21(28)12-13-22(23)19-10-8-7-9-11-19/h7-13,18,20,24,29H,14-17H2,1-6H3/t24-,34-/m0/s1. The first-order valence-corrected chi connectivity index (χ1v) is 13.4. The summed E-state index contributed by atoms with van der Waals surface area (Å²) >= 11 is 5.20. The number of carbonyl (C=O) groups excluding carboxylic acids is 1. The molecule has 1 saturated heterocycles. The van der Waals surface area contributed by atoms with Gasteiger partial charge in [-0.15, -0.1) is 4.72 Å². The van der Waals surface area contributed by atoms with Crippen LogP contribution in [0, 0.1) is 5.92 Å². The van der Waals surface area contributed by atoms with Crippen molar-refractivity contribution in [2.45, 2.75) is 70.8 Å². The van der Waals surface area contributed by atoms with Crippen LogP contribution in [-0.2, 0) is 16.1 Å². The summed E-state index contributed by atoms with van der Waals surface area (Å²) in [6, 6.07) is 15.9. The molecular weight excluding hydrogens is 468 g/mol. The minimum absolute atomic E-state index is 0.172. The van der Waals surface area contributed by atoms with Crippen molar-refractivity contribution in [3.05, 3.63) is 59.1 Å². The fourth-order valence-electron chi connectivity index (χ4n) is 4.12. The van der Waals surface area contributed by atoms with Crippen LogP contribution in [0.4, 0.5) is 4.79 Å². The van der Waals surface area contributed by atoms with E-state index in [4.69, 9.17) is 16.3 Å². The number of hydrogen-bond acceptors (Lipinski definition) is 4. The van der Waals surface area contributed by atoms with Crippen LogP contribution in [0.2, 0.25) is 5.02 Å². The number of ether oxygens (including phenoxy) is 1. The first-order chi connectivity index (χ1) is 15.8. The summed E-state index contributed by atoms with van der Waals surface area (Å²) in [7, 11) is 0. The molecule has 2 atom stereocenters. The number of nitrogens with one attached hydrogen (secondary N) is 1. The van der Waals surface area contributed by atoms with E-state index in [9.17, 15) is 9.35 Å². The van der Waals surface area contributed by atoms with Crippen LogP contribution in [0.15, 0.2) is 48.5 Å². The van der Waals surface area contributed by atoms with Gasteiger partial charge in [-0.25, -0.2) is 4.79 Å². The Morgan fingerprint density at radius 1 is 1.09 bits per heavy atom. The van der Waals surface area contributed by atoms with Crippen LogP contribution in [0.25, 0.3) is 11.1 Å². The minimum Gasteiger partial charge on any atom is -0.598 e. The zero-order chi connectivity index (χ0) is 25.1. The summed E-state index contributed by atoms with van der Waals surface area (Å²) in [5.41, 5.74) is 2.68. The third-order valence-electron chi connectivity index (χ3n) is 5.89. The lowest BCUT2D eigenvalue weighted by atomic mass is 9.83. The number of nitrogens with zero attached hydrogens (tertiary/aromatic N) is 1. The molecule has 7 heteroatoms. The van der Waals surface area contributed by atoms with Crippen molar-refractivity contribution in [3.8, 4) is 11.1 Å². The number of amides is 1. The summed E-state index contributed by atoms with van der Waals surface area (Å²) in [6.07, 6.45) is 1.28. The monoisotopic (exact) mass is 504 g/mol. The summed E-state index contributed by atoms with van der Waals surface area (Å²) < 4.78 is 21.8. The molecule has 0 spiro atoms. The van der Waals surface area contributed by atoms with Gasteiger partial charge in [0.2, 0.25) is 0 Å². The number of hydrogen-bond donors (Lipinski definition) is 1. The molecule has 1 fully saturated rings. The summed E-state index contributed by atoms with van der Waals surface area (Å²) in [5.74, 6) is 0.186. The van der Waals surface area contributed by atoms with Crippen molar-refractivity contribution in [1.82, 2.24) is 9.62 Å². The predicted molar refractivity (Wildman–Crippen MR) is 141 cm³/mol. The van der Waals surface area contributed by atoms with Gasteiger partial charge in [-0.05, 0) is 89.1 Å². The van der Waals surface area contributed by atoms with Gasteiger partial charge in [-0.3, -0.25) is 0 Å². The molecule has 186 valence electrons. The zero-order valence-electron chi connectivity index (χ0n) is 21.1. The lowest BCUT2D eigenvalue weighted by Crippen LogP contribution is -2.47. The molecule has 0 bridgehead atoms. The molecule has 0 aliphatic carbocycles. The van der Waals surface area contributed by atoms with E-state index >= 15 is 0 Å². The molecule has 1 aliphatic rings. The number of halogens is 1. The van der Waals surface area contributed by atoms with Gasteiger partial charge in [-0.2, -0.15) is 0 Å². The smallest absolute Gasteiger partial charge is 0.410 e. The molecule has 5 nitrogen and oxygen atoms in total. The van der Waals surface area contributed by atoms with Crippen LogP contribution in [0.3, 0.4) is 0 Å². The Morgan fingerprint density at radius 2 is 1.71 bits per heavy atom. The zero-order valence-corrected chi connectivity index (χ0v) is 22.6. The highest BCUT2D eigenvalue weighted by molar-refractivity contribution is 7.90. The topological polar surface area (TPSA) is 64.6 Å². The summed E-state index contributed by atoms with van der Waals surface area (Å²) in [5, 5.41) is 0.647. The second-order valence-electron chi connectivity index (χ2n) is 10.9. The van der Waals surface area contributed by atoms with Gasteiger partial charge in [0.05, 0.1) is 6.04 Å². The third-order valence-corrected chi connectivity index (χ3v) is 7.70. The average molecular weight is 505 g/mol. The van der Waals surface area contributed by atoms with Gasteiger partial charge in [-0.1, -0.05) is 48.0 Å². The Labute approximate surface area is 212 Å². The first kappa shape index (κ1) is 26.9. The van der Waals surface area contributed by atoms with Crippen molar-refractivity contribution in [3.63, 3.8) is 0 Å². The Bertz CT molecular complexity index is 964. The van der Waals surface area contributed by atoms with Crippen LogP contribution in [-0.4, -0.2) is 39.0 Å². The van der Waals surface area contributed by atoms with Gasteiger partial charge in [0, 0.05) is 29.5 Å². The maximum Gasteiger partial charge on any atom is 0.410 e. The molecule has 0 saturated carbocycles. The molecular formula is C27H37ClN2O3S. The first-order valence-electron chi connectivity index (χ1n) is 11.9. The number of likely N-dealkylation sites (tertiary alicyclic amines) is 1. The van der Waals surface area contributed by atoms with E-state index < -0.39 is 21.7 Å². The number of piperidine rings is 1. The SMILES string of the molecule is CC(C)(C)OC(=O)N1CCC([C@H](N[S@@+]([O-])C(C)(C)C)c2cc(Cl)ccc2-c2ccccc2)CC1. The molecule has 0 aromatic heterocycles. The van der Waals surface area contributed by atoms with Gasteiger partial charge < -0.3 is 14.2 Å². The largest absolute Gasteiger partial charge is 0.598 e. The van der Waals surface area contributed by atoms with Crippen molar-refractivity contribution in [1.29, 1.82) is 0 Å². The Hall–Kier alpha value is -1.73. The maximum atomic E-state index is 13.2.